The zero-order valence-corrected chi connectivity index (χ0v) is 53.2. The van der Waals surface area contributed by atoms with Gasteiger partial charge in [0.25, 0.3) is 0 Å². The number of nitrogens with zero attached hydrogens (tertiary/aromatic N) is 6. The van der Waals surface area contributed by atoms with Crippen LogP contribution >= 0.6 is 0 Å². The quantitative estimate of drug-likeness (QED) is 0.0504. The van der Waals surface area contributed by atoms with Gasteiger partial charge in [-0.3, -0.25) is 35.4 Å². The van der Waals surface area contributed by atoms with Crippen LogP contribution in [0, 0.1) is 5.41 Å². The van der Waals surface area contributed by atoms with Crippen molar-refractivity contribution < 1.29 is 132 Å². The minimum atomic E-state index is -2.23. The second-order valence-electron chi connectivity index (χ2n) is 24.1. The van der Waals surface area contributed by atoms with Gasteiger partial charge in [-0.15, -0.1) is 0 Å². The van der Waals surface area contributed by atoms with Crippen LogP contribution in [-0.2, 0) is 71.1 Å². The van der Waals surface area contributed by atoms with E-state index in [1.54, 1.807) is 0 Å². The molecule has 14 bridgehead atoms. The van der Waals surface area contributed by atoms with Gasteiger partial charge in [0.2, 0.25) is 0 Å². The Bertz CT molecular complexity index is 2800. The fourth-order valence-corrected chi connectivity index (χ4v) is 12.1. The normalized spacial score (nSPS) is 44.3. The third-order valence-electron chi connectivity index (χ3n) is 17.0. The summed E-state index contributed by atoms with van der Waals surface area (Å²) in [6.07, 6.45) is -64.5. The lowest BCUT2D eigenvalue weighted by atomic mass is 9.94. The van der Waals surface area contributed by atoms with Crippen LogP contribution in [-0.4, -0.2) is 364 Å². The van der Waals surface area contributed by atoms with Crippen molar-refractivity contribution in [2.75, 3.05) is 52.4 Å². The number of rotatable bonds is 16. The summed E-state index contributed by atoms with van der Waals surface area (Å²) in [5.74, 6) is -3.68. The van der Waals surface area contributed by atoms with E-state index in [4.69, 9.17) is 151 Å². The maximum absolute atomic E-state index is 12.4. The second-order valence-corrected chi connectivity index (χ2v) is 24.1. The number of aliphatic hydroxyl groups excluding tert-OH is 12. The maximum atomic E-state index is 12.4. The molecule has 21 rings (SSSR count). The third kappa shape index (κ3) is 19.3. The molecule has 21 aliphatic rings. The van der Waals surface area contributed by atoms with Crippen LogP contribution in [0.4, 0.5) is 0 Å². The Labute approximate surface area is 562 Å². The predicted molar refractivity (Wildman–Crippen MR) is 331 cm³/mol. The third-order valence-corrected chi connectivity index (χ3v) is 17.0. The number of nitrogens with two attached hydrogens (primary N) is 13. The van der Waals surface area contributed by atoms with E-state index in [-0.39, 0.29) is 6.61 Å². The molecule has 40 N–H and O–H groups in total. The molecule has 21 saturated heterocycles. The van der Waals surface area contributed by atoms with Crippen molar-refractivity contribution in [3.8, 4) is 0 Å². The predicted octanol–water partition coefficient (Wildman–Crippen LogP) is -18.0. The second kappa shape index (κ2) is 34.7. The van der Waals surface area contributed by atoms with E-state index in [0.717, 1.165) is 0 Å². The fourth-order valence-electron chi connectivity index (χ4n) is 12.1. The Hall–Kier alpha value is -6.19. The standard InChI is InChI=1S/C51H95N21O27/c1-2-85-37-30(84)36-19(10-72-51(64)65)93-44(37)99-35-18(9-71-50(62)63)88-39(25(79)20(35)74)86-12-3-11(73)38(87-13(12)4-66-45(52)53)94-31-14(5-67-46(54)55)89-40(26(80)21(31)75)95-32-15(6-68-47(56)57)90-41(27(81)22(32)76)96-33-16(7-69-48(58)59)91-42(28(82)23(33)77)97-34-17(8-70-49(60)61)92-43(98-36)29(83)24(34)78/h11-44,73-84H,2-10H2,1H3,(H4,52,53,66)(H4,54,55,67)(H4,56,57,68)(H4,58,59,69)(H4,60,61,70)(H4,62,63,71)(H4,64,65,72). The summed E-state index contributed by atoms with van der Waals surface area (Å²) in [6.45, 7) is -2.66. The van der Waals surface area contributed by atoms with Crippen LogP contribution in [0.15, 0.2) is 30.0 Å². The molecule has 0 saturated carbocycles. The highest BCUT2D eigenvalue weighted by Crippen LogP contribution is 2.40. The van der Waals surface area contributed by atoms with Gasteiger partial charge < -0.3 is 212 Å². The summed E-state index contributed by atoms with van der Waals surface area (Å²) in [6, 6.07) is 0. The molecule has 0 spiro atoms. The summed E-state index contributed by atoms with van der Waals surface area (Å²) < 4.78 is 92.8. The minimum Gasteiger partial charge on any atom is -0.388 e. The lowest BCUT2D eigenvalue weighted by Crippen LogP contribution is -2.68. The van der Waals surface area contributed by atoms with E-state index in [1.165, 1.54) is 6.92 Å². The van der Waals surface area contributed by atoms with Crippen molar-refractivity contribution in [1.29, 1.82) is 5.41 Å². The maximum Gasteiger partial charge on any atom is 0.187 e. The van der Waals surface area contributed by atoms with E-state index in [9.17, 15) is 61.3 Å². The highest BCUT2D eigenvalue weighted by atomic mass is 16.8. The molecule has 34 atom stereocenters. The first-order valence-electron chi connectivity index (χ1n) is 31.1. The van der Waals surface area contributed by atoms with Gasteiger partial charge in [-0.1, -0.05) is 0 Å². The molecule has 566 valence electrons. The number of ether oxygens (including phenoxy) is 15. The number of hydrogen-bond acceptors (Lipinski definition) is 34. The molecule has 48 heteroatoms. The first-order valence-corrected chi connectivity index (χ1v) is 31.1. The molecule has 21 aliphatic heterocycles. The summed E-state index contributed by atoms with van der Waals surface area (Å²) in [5, 5.41) is 154. The summed E-state index contributed by atoms with van der Waals surface area (Å²) >= 11 is 0. The van der Waals surface area contributed by atoms with Crippen molar-refractivity contribution in [3.05, 3.63) is 0 Å². The lowest BCUT2D eigenvalue weighted by molar-refractivity contribution is -0.392. The topological polar surface area (TPSA) is 830 Å². The Kier molecular flexibility index (Phi) is 27.5. The molecule has 21 fully saturated rings. The zero-order valence-electron chi connectivity index (χ0n) is 53.2. The van der Waals surface area contributed by atoms with Gasteiger partial charge in [0.15, 0.2) is 85.7 Å². The summed E-state index contributed by atoms with van der Waals surface area (Å²) in [4.78, 5) is 24.0. The van der Waals surface area contributed by atoms with Crippen LogP contribution in [0.5, 0.6) is 0 Å². The van der Waals surface area contributed by atoms with Crippen LogP contribution in [0.1, 0.15) is 13.3 Å². The van der Waals surface area contributed by atoms with Gasteiger partial charge in [-0.2, -0.15) is 0 Å². The van der Waals surface area contributed by atoms with E-state index >= 15 is 0 Å². The van der Waals surface area contributed by atoms with Gasteiger partial charge in [-0.05, 0) is 6.92 Å². The van der Waals surface area contributed by atoms with Crippen LogP contribution in [0.3, 0.4) is 0 Å². The fraction of sp³-hybridized carbons (Fsp3) is 0.863. The Morgan fingerprint density at radius 1 is 0.333 bits per heavy atom. The van der Waals surface area contributed by atoms with Gasteiger partial charge in [0.1, 0.15) is 159 Å². The van der Waals surface area contributed by atoms with Gasteiger partial charge >= 0.3 is 0 Å². The number of hydrogen-bond donors (Lipinski definition) is 27. The van der Waals surface area contributed by atoms with E-state index in [2.05, 4.69) is 35.3 Å². The summed E-state index contributed by atoms with van der Waals surface area (Å²) in [7, 11) is 0. The number of aliphatic hydroxyl groups is 12. The van der Waals surface area contributed by atoms with Crippen molar-refractivity contribution in [1.82, 2.24) is 5.32 Å². The molecule has 34 unspecified atom stereocenters. The molecular weight excluding hydrogens is 1340 g/mol. The first-order chi connectivity index (χ1) is 46.8. The number of guanidine groups is 7. The lowest BCUT2D eigenvalue weighted by Gasteiger charge is -2.50. The van der Waals surface area contributed by atoms with E-state index in [0.29, 0.717) is 0 Å². The Balaban J connectivity index is 1.20. The molecule has 0 aromatic heterocycles. The van der Waals surface area contributed by atoms with Crippen molar-refractivity contribution in [2.45, 2.75) is 222 Å². The highest BCUT2D eigenvalue weighted by Gasteiger charge is 2.59. The van der Waals surface area contributed by atoms with Crippen LogP contribution in [0.2, 0.25) is 0 Å². The van der Waals surface area contributed by atoms with Crippen molar-refractivity contribution in [3.63, 3.8) is 0 Å². The average Bonchev–Trinajstić information content (AvgIpc) is 0.760. The zero-order chi connectivity index (χ0) is 72.6. The highest BCUT2D eigenvalue weighted by molar-refractivity contribution is 5.77. The molecule has 99 heavy (non-hydrogen) atoms. The van der Waals surface area contributed by atoms with Gasteiger partial charge in [0, 0.05) is 19.6 Å². The minimum absolute atomic E-state index is 0.188. The van der Waals surface area contributed by atoms with Crippen molar-refractivity contribution >= 4 is 41.7 Å². The molecular formula is C51H95N21O27. The summed E-state index contributed by atoms with van der Waals surface area (Å²) in [5.41, 5.74) is 74.4. The Morgan fingerprint density at radius 2 is 0.586 bits per heavy atom. The molecule has 0 aromatic rings. The SMILES string of the molecule is CCOC1C2OC(CN=C(N)N)C(OC3OC(CNC(=N)N)C(OC4OC(CN=C(N)N)C(OC5OC(CN=C(N)N)C(OC6OC(CN=C(N)N)C(OC7OC(CN=C(N)N)C(CC7O)OC7OC(CN=C(N)N)C(O2)C(O)C7O)C(O)C6O)C(O)C5O)C(O)C4O)C(O)C3O)C1O. The first kappa shape index (κ1) is 78.5. The number of nitrogens with one attached hydrogen (secondary N) is 2. The van der Waals surface area contributed by atoms with Crippen molar-refractivity contribution in [2.24, 2.45) is 104 Å². The largest absolute Gasteiger partial charge is 0.388 e. The van der Waals surface area contributed by atoms with E-state index in [1.807, 2.05) is 0 Å². The molecule has 48 nitrogen and oxygen atoms in total. The van der Waals surface area contributed by atoms with Crippen LogP contribution < -0.4 is 79.9 Å². The van der Waals surface area contributed by atoms with Gasteiger partial charge in [0.05, 0.1) is 45.4 Å². The van der Waals surface area contributed by atoms with E-state index < -0.39 is 303 Å². The smallest absolute Gasteiger partial charge is 0.187 e. The van der Waals surface area contributed by atoms with Crippen LogP contribution in [0.25, 0.3) is 0 Å². The number of aliphatic imine (C=N–C) groups is 6. The molecule has 0 aliphatic carbocycles. The Morgan fingerprint density at radius 3 is 0.899 bits per heavy atom. The monoisotopic (exact) mass is 1430 g/mol. The average molecular weight is 1430 g/mol. The molecule has 0 aromatic carbocycles. The molecule has 21 heterocycles. The molecule has 0 radical (unpaired) electrons. The molecule has 0 amide bonds. The van der Waals surface area contributed by atoms with Gasteiger partial charge in [-0.25, -0.2) is 0 Å².